The Balaban J connectivity index is 3.88. The number of aliphatic hydroxyl groups excluding tert-OH is 1. The fourth-order valence-corrected chi connectivity index (χ4v) is 6.62. The van der Waals surface area contributed by atoms with Crippen LogP contribution in [0.15, 0.2) is 12.2 Å². The lowest BCUT2D eigenvalue weighted by Crippen LogP contribution is -2.47. The molecular weight excluding hydrogens is 570 g/mol. The maximum atomic E-state index is 12.5. The number of hydrogen-bond donors (Lipinski definition) is 3. The average Bonchev–Trinajstić information content (AvgIpc) is 2.98. The van der Waals surface area contributed by atoms with E-state index in [4.69, 9.17) is 0 Å². The van der Waals surface area contributed by atoms with Crippen LogP contribution in [-0.4, -0.2) is 41.9 Å². The van der Waals surface area contributed by atoms with E-state index in [-0.39, 0.29) is 5.91 Å². The first-order chi connectivity index (χ1) is 21.3. The van der Waals surface area contributed by atoms with E-state index in [9.17, 15) is 22.9 Å². The monoisotopic (exact) mass is 644 g/mol. The maximum absolute atomic E-state index is 12.5. The maximum Gasteiger partial charge on any atom is 0.266 e. The van der Waals surface area contributed by atoms with Gasteiger partial charge in [0, 0.05) is 6.42 Å². The van der Waals surface area contributed by atoms with Crippen molar-refractivity contribution in [3.8, 4) is 0 Å². The summed E-state index contributed by atoms with van der Waals surface area (Å²) in [7, 11) is -4.30. The summed E-state index contributed by atoms with van der Waals surface area (Å²) < 4.78 is 32.4. The van der Waals surface area contributed by atoms with Gasteiger partial charge in [-0.3, -0.25) is 9.35 Å². The Morgan fingerprint density at radius 1 is 0.591 bits per heavy atom. The first-order valence-corrected chi connectivity index (χ1v) is 20.5. The summed E-state index contributed by atoms with van der Waals surface area (Å²) in [6.45, 7) is 4.49. The van der Waals surface area contributed by atoms with E-state index in [1.165, 1.54) is 122 Å². The number of hydrogen-bond acceptors (Lipinski definition) is 4. The highest BCUT2D eigenvalue weighted by Gasteiger charge is 2.26. The topological polar surface area (TPSA) is 104 Å². The summed E-state index contributed by atoms with van der Waals surface area (Å²) in [5, 5.41) is 13.3. The first kappa shape index (κ1) is 43.1. The molecule has 0 rings (SSSR count). The van der Waals surface area contributed by atoms with Crippen LogP contribution in [0, 0.1) is 0 Å². The lowest BCUT2D eigenvalue weighted by Gasteiger charge is -2.23. The smallest absolute Gasteiger partial charge is 0.266 e. The Hall–Kier alpha value is -0.920. The van der Waals surface area contributed by atoms with Crippen molar-refractivity contribution in [1.82, 2.24) is 5.32 Å². The van der Waals surface area contributed by atoms with Gasteiger partial charge in [-0.05, 0) is 38.5 Å². The zero-order valence-corrected chi connectivity index (χ0v) is 29.9. The van der Waals surface area contributed by atoms with Crippen LogP contribution in [0.3, 0.4) is 0 Å². The summed E-state index contributed by atoms with van der Waals surface area (Å²) in [5.41, 5.74) is 0. The molecule has 2 atom stereocenters. The standard InChI is InChI=1S/C37H73NO5S/c1-3-5-7-9-11-13-15-17-18-19-20-21-22-24-26-28-30-32-36(39)35(34-44(41,42)43)38-37(40)33-31-29-27-25-23-16-14-12-10-8-6-4-2/h12,14,35-36,39H,3-11,13,15-34H2,1-2H3,(H,38,40)(H,41,42,43)/b14-12-. The molecule has 0 aromatic heterocycles. The van der Waals surface area contributed by atoms with Gasteiger partial charge in [-0.2, -0.15) is 8.42 Å². The molecule has 262 valence electrons. The molecule has 0 saturated heterocycles. The van der Waals surface area contributed by atoms with Gasteiger partial charge in [0.05, 0.1) is 17.9 Å². The average molecular weight is 644 g/mol. The second-order valence-electron chi connectivity index (χ2n) is 13.2. The SMILES string of the molecule is CCCCC/C=C\CCCCCCCC(=O)NC(CS(=O)(=O)O)C(O)CCCCCCCCCCCCCCCCCCC. The highest BCUT2D eigenvalue weighted by molar-refractivity contribution is 7.85. The number of carbonyl (C=O) groups excluding carboxylic acids is 1. The van der Waals surface area contributed by atoms with E-state index in [1.54, 1.807) is 0 Å². The molecule has 44 heavy (non-hydrogen) atoms. The summed E-state index contributed by atoms with van der Waals surface area (Å²) in [5.74, 6) is -0.903. The predicted molar refractivity (Wildman–Crippen MR) is 189 cm³/mol. The van der Waals surface area contributed by atoms with Crippen LogP contribution in [0.4, 0.5) is 0 Å². The predicted octanol–water partition coefficient (Wildman–Crippen LogP) is 10.6. The molecule has 0 radical (unpaired) electrons. The van der Waals surface area contributed by atoms with Gasteiger partial charge in [0.1, 0.15) is 0 Å². The van der Waals surface area contributed by atoms with Gasteiger partial charge in [-0.15, -0.1) is 0 Å². The van der Waals surface area contributed by atoms with Crippen molar-refractivity contribution >= 4 is 16.0 Å². The third kappa shape index (κ3) is 32.5. The number of amides is 1. The lowest BCUT2D eigenvalue weighted by atomic mass is 10.0. The van der Waals surface area contributed by atoms with Crippen LogP contribution < -0.4 is 5.32 Å². The van der Waals surface area contributed by atoms with Crippen molar-refractivity contribution in [2.45, 2.75) is 212 Å². The molecule has 0 heterocycles. The Kier molecular flexibility index (Phi) is 31.4. The first-order valence-electron chi connectivity index (χ1n) is 18.9. The third-order valence-corrected chi connectivity index (χ3v) is 9.50. The third-order valence-electron chi connectivity index (χ3n) is 8.72. The van der Waals surface area contributed by atoms with Crippen LogP contribution in [-0.2, 0) is 14.9 Å². The molecule has 0 aromatic rings. The summed E-state index contributed by atoms with van der Waals surface area (Å²) in [6.07, 6.45) is 37.3. The second kappa shape index (κ2) is 32.0. The van der Waals surface area contributed by atoms with Crippen LogP contribution in [0.2, 0.25) is 0 Å². The molecule has 1 amide bonds. The van der Waals surface area contributed by atoms with Crippen molar-refractivity contribution in [1.29, 1.82) is 0 Å². The van der Waals surface area contributed by atoms with Gasteiger partial charge in [0.25, 0.3) is 10.1 Å². The number of aliphatic hydroxyl groups is 1. The van der Waals surface area contributed by atoms with E-state index >= 15 is 0 Å². The minimum absolute atomic E-state index is 0.255. The highest BCUT2D eigenvalue weighted by Crippen LogP contribution is 2.16. The van der Waals surface area contributed by atoms with E-state index in [2.05, 4.69) is 31.3 Å². The van der Waals surface area contributed by atoms with Gasteiger partial charge in [0.15, 0.2) is 0 Å². The zero-order chi connectivity index (χ0) is 32.6. The quantitative estimate of drug-likeness (QED) is 0.0368. The summed E-state index contributed by atoms with van der Waals surface area (Å²) in [4.78, 5) is 12.5. The molecule has 3 N–H and O–H groups in total. The molecule has 0 spiro atoms. The molecule has 0 fully saturated rings. The Labute approximate surface area is 273 Å². The van der Waals surface area contributed by atoms with Crippen molar-refractivity contribution < 1.29 is 22.9 Å². The van der Waals surface area contributed by atoms with Crippen LogP contribution in [0.5, 0.6) is 0 Å². The van der Waals surface area contributed by atoms with Crippen LogP contribution >= 0.6 is 0 Å². The van der Waals surface area contributed by atoms with Crippen molar-refractivity contribution in [3.05, 3.63) is 12.2 Å². The Morgan fingerprint density at radius 2 is 0.955 bits per heavy atom. The summed E-state index contributed by atoms with van der Waals surface area (Å²) in [6, 6.07) is -0.970. The summed E-state index contributed by atoms with van der Waals surface area (Å²) >= 11 is 0. The van der Waals surface area contributed by atoms with Crippen molar-refractivity contribution in [2.75, 3.05) is 5.75 Å². The zero-order valence-electron chi connectivity index (χ0n) is 29.1. The number of nitrogens with one attached hydrogen (secondary N) is 1. The van der Waals surface area contributed by atoms with Crippen molar-refractivity contribution in [3.63, 3.8) is 0 Å². The molecule has 6 nitrogen and oxygen atoms in total. The largest absolute Gasteiger partial charge is 0.391 e. The van der Waals surface area contributed by atoms with Gasteiger partial charge in [-0.25, -0.2) is 0 Å². The number of unbranched alkanes of at least 4 members (excludes halogenated alkanes) is 24. The molecule has 0 aromatic carbocycles. The Morgan fingerprint density at radius 3 is 1.41 bits per heavy atom. The number of rotatable bonds is 34. The van der Waals surface area contributed by atoms with Crippen molar-refractivity contribution in [2.24, 2.45) is 0 Å². The minimum atomic E-state index is -4.30. The van der Waals surface area contributed by atoms with E-state index in [0.29, 0.717) is 12.8 Å². The fraction of sp³-hybridized carbons (Fsp3) is 0.919. The van der Waals surface area contributed by atoms with Crippen LogP contribution in [0.1, 0.15) is 200 Å². The fourth-order valence-electron chi connectivity index (χ4n) is 5.86. The van der Waals surface area contributed by atoms with Gasteiger partial charge in [0.2, 0.25) is 5.91 Å². The Bertz CT molecular complexity index is 755. The minimum Gasteiger partial charge on any atom is -0.391 e. The molecule has 0 aliphatic rings. The van der Waals surface area contributed by atoms with E-state index < -0.39 is 28.0 Å². The molecule has 0 saturated carbocycles. The van der Waals surface area contributed by atoms with E-state index in [0.717, 1.165) is 51.4 Å². The highest BCUT2D eigenvalue weighted by atomic mass is 32.2. The van der Waals surface area contributed by atoms with Gasteiger partial charge < -0.3 is 10.4 Å². The normalized spacial score (nSPS) is 13.5. The molecule has 2 unspecified atom stereocenters. The molecule has 0 bridgehead atoms. The van der Waals surface area contributed by atoms with Crippen LogP contribution in [0.25, 0.3) is 0 Å². The molecule has 7 heteroatoms. The van der Waals surface area contributed by atoms with Gasteiger partial charge in [-0.1, -0.05) is 167 Å². The molecule has 0 aliphatic heterocycles. The molecule has 0 aliphatic carbocycles. The number of carbonyl (C=O) groups is 1. The number of allylic oxidation sites excluding steroid dienone is 2. The van der Waals surface area contributed by atoms with E-state index in [1.807, 2.05) is 0 Å². The molecular formula is C37H73NO5S. The van der Waals surface area contributed by atoms with Gasteiger partial charge >= 0.3 is 0 Å². The second-order valence-corrected chi connectivity index (χ2v) is 14.7. The lowest BCUT2D eigenvalue weighted by molar-refractivity contribution is -0.122.